The molecule has 2 aliphatic heterocycles. The zero-order valence-electron chi connectivity index (χ0n) is 14.0. The second-order valence-electron chi connectivity index (χ2n) is 5.69. The Labute approximate surface area is 161 Å². The van der Waals surface area contributed by atoms with Crippen molar-refractivity contribution in [3.8, 4) is 0 Å². The maximum Gasteiger partial charge on any atom is 0.490 e. The van der Waals surface area contributed by atoms with Gasteiger partial charge in [-0.1, -0.05) is 0 Å². The van der Waals surface area contributed by atoms with Crippen molar-refractivity contribution in [2.75, 3.05) is 6.61 Å². The summed E-state index contributed by atoms with van der Waals surface area (Å²) in [6, 6.07) is 0. The summed E-state index contributed by atoms with van der Waals surface area (Å²) < 4.78 is 50.0. The van der Waals surface area contributed by atoms with Crippen LogP contribution in [-0.2, 0) is 41.2 Å². The Morgan fingerprint density at radius 3 is 2.21 bits per heavy atom. The van der Waals surface area contributed by atoms with Crippen LogP contribution in [0.4, 0.5) is 0 Å². The molecule has 0 aromatic carbocycles. The Hall–Kier alpha value is -0.830. The lowest BCUT2D eigenvalue weighted by atomic mass is 10.1. The number of carbonyl (C=O) groups is 2. The van der Waals surface area contributed by atoms with E-state index in [9.17, 15) is 38.4 Å². The van der Waals surface area contributed by atoms with E-state index in [0.717, 1.165) is 17.2 Å². The molecule has 2 rings (SSSR count). The van der Waals surface area contributed by atoms with Crippen LogP contribution in [-0.4, -0.2) is 77.5 Å². The number of phosphoric acid groups is 3. The van der Waals surface area contributed by atoms with Crippen LogP contribution < -0.4 is 0 Å². The summed E-state index contributed by atoms with van der Waals surface area (Å²) in [6.45, 7) is -1.02. The van der Waals surface area contributed by atoms with Crippen LogP contribution in [0.25, 0.3) is 0 Å². The molecule has 1 amide bonds. The lowest BCUT2D eigenvalue weighted by Gasteiger charge is -2.28. The van der Waals surface area contributed by atoms with Crippen LogP contribution in [0.15, 0.2) is 12.3 Å². The van der Waals surface area contributed by atoms with Gasteiger partial charge in [-0.25, -0.2) is 13.7 Å². The first kappa shape index (κ1) is 24.4. The number of hydrogen-bond donors (Lipinski definition) is 6. The van der Waals surface area contributed by atoms with Crippen LogP contribution in [0.2, 0.25) is 0 Å². The van der Waals surface area contributed by atoms with Gasteiger partial charge in [0.2, 0.25) is 5.91 Å². The summed E-state index contributed by atoms with van der Waals surface area (Å²) in [6.07, 6.45) is -4.96. The van der Waals surface area contributed by atoms with E-state index in [1.807, 2.05) is 0 Å². The summed E-state index contributed by atoms with van der Waals surface area (Å²) in [5.41, 5.74) is 0. The topological polar surface area (TPSA) is 247 Å². The first-order valence-electron chi connectivity index (χ1n) is 7.42. The summed E-state index contributed by atoms with van der Waals surface area (Å²) in [5.74, 6) is -1.24. The van der Waals surface area contributed by atoms with Gasteiger partial charge in [0.05, 0.1) is 13.0 Å². The molecule has 0 radical (unpaired) electrons. The van der Waals surface area contributed by atoms with Crippen molar-refractivity contribution >= 4 is 35.2 Å². The van der Waals surface area contributed by atoms with Gasteiger partial charge in [0.1, 0.15) is 18.3 Å². The predicted molar refractivity (Wildman–Crippen MR) is 86.1 cm³/mol. The molecule has 6 N–H and O–H groups in total. The fourth-order valence-corrected chi connectivity index (χ4v) is 5.37. The highest BCUT2D eigenvalue weighted by Crippen LogP contribution is 2.66. The molecule has 0 aromatic rings. The number of hydrogen-bond acceptors (Lipinski definition) is 11. The summed E-state index contributed by atoms with van der Waals surface area (Å²) in [4.78, 5) is 59.1. The second kappa shape index (κ2) is 8.73. The second-order valence-corrected chi connectivity index (χ2v) is 10.1. The minimum atomic E-state index is -5.72. The highest BCUT2D eigenvalue weighted by molar-refractivity contribution is 7.66. The normalized spacial score (nSPS) is 32.3. The van der Waals surface area contributed by atoms with E-state index < -0.39 is 72.7 Å². The largest absolute Gasteiger partial charge is 0.490 e. The number of aliphatic hydroxyl groups excluding tert-OH is 2. The summed E-state index contributed by atoms with van der Waals surface area (Å²) >= 11 is 0. The first-order chi connectivity index (χ1) is 13.1. The molecule has 0 aliphatic carbocycles. The standard InChI is InChI=1S/C10H16NO15P3/c12-5-1-2-11(7(13)3-5)10-9(15)8(14)6(24-10)4-23-28(19,20)26-29(21,22)25-27(16,17)18/h1-2,6,8-10,14-15H,3-4H2,(H,19,20)(H,21,22)(H2,16,17,18). The van der Waals surface area contributed by atoms with Crippen LogP contribution >= 0.6 is 23.5 Å². The van der Waals surface area contributed by atoms with Crippen molar-refractivity contribution in [2.45, 2.75) is 31.0 Å². The molecule has 6 unspecified atom stereocenters. The number of ketones is 1. The molecule has 1 fully saturated rings. The van der Waals surface area contributed by atoms with Crippen molar-refractivity contribution < 1.29 is 71.0 Å². The molecule has 1 saturated heterocycles. The molecule has 6 atom stereocenters. The molecular weight excluding hydrogens is 467 g/mol. The van der Waals surface area contributed by atoms with Gasteiger partial charge < -0.3 is 34.5 Å². The molecular formula is C10H16NO15P3. The highest BCUT2D eigenvalue weighted by Gasteiger charge is 2.48. The van der Waals surface area contributed by atoms with Gasteiger partial charge in [0, 0.05) is 6.20 Å². The molecule has 0 spiro atoms. The third-order valence-corrected chi connectivity index (χ3v) is 7.27. The first-order valence-corrected chi connectivity index (χ1v) is 11.9. The number of amides is 1. The lowest BCUT2D eigenvalue weighted by Crippen LogP contribution is -2.46. The number of rotatable bonds is 8. The van der Waals surface area contributed by atoms with Gasteiger partial charge in [-0.05, 0) is 6.08 Å². The molecule has 166 valence electrons. The van der Waals surface area contributed by atoms with Crippen molar-refractivity contribution in [1.29, 1.82) is 0 Å². The molecule has 0 aromatic heterocycles. The van der Waals surface area contributed by atoms with E-state index in [1.165, 1.54) is 0 Å². The maximum absolute atomic E-state index is 11.8. The third kappa shape index (κ3) is 6.84. The minimum absolute atomic E-state index is 0.497. The summed E-state index contributed by atoms with van der Waals surface area (Å²) in [7, 11) is -16.7. The van der Waals surface area contributed by atoms with Crippen molar-refractivity contribution in [1.82, 2.24) is 4.90 Å². The maximum atomic E-state index is 11.8. The minimum Gasteiger partial charge on any atom is -0.387 e. The van der Waals surface area contributed by atoms with E-state index in [4.69, 9.17) is 19.4 Å². The van der Waals surface area contributed by atoms with E-state index >= 15 is 0 Å². The van der Waals surface area contributed by atoms with Gasteiger partial charge >= 0.3 is 23.5 Å². The number of phosphoric ester groups is 1. The average molecular weight is 483 g/mol. The van der Waals surface area contributed by atoms with Gasteiger partial charge in [-0.2, -0.15) is 8.62 Å². The number of nitrogens with zero attached hydrogens (tertiary/aromatic N) is 1. The Bertz CT molecular complexity index is 836. The Morgan fingerprint density at radius 2 is 1.66 bits per heavy atom. The average Bonchev–Trinajstić information content (AvgIpc) is 2.78. The Kier molecular flexibility index (Phi) is 7.36. The molecule has 2 heterocycles. The molecule has 29 heavy (non-hydrogen) atoms. The van der Waals surface area contributed by atoms with E-state index in [1.54, 1.807) is 0 Å². The fourth-order valence-electron chi connectivity index (χ4n) is 2.34. The Balaban J connectivity index is 2.00. The number of carbonyl (C=O) groups excluding carboxylic acids is 2. The SMILES string of the molecule is O=C1C=CN(C2OC(COP(=O)(O)OP(=O)(O)OP(=O)(O)O)C(O)C2O)C(=O)C1. The molecule has 2 aliphatic rings. The van der Waals surface area contributed by atoms with Gasteiger partial charge in [-0.3, -0.25) is 19.0 Å². The number of aliphatic hydroxyl groups is 2. The number of allylic oxidation sites excluding steroid dienone is 1. The van der Waals surface area contributed by atoms with Crippen LogP contribution in [0.3, 0.4) is 0 Å². The van der Waals surface area contributed by atoms with Crippen molar-refractivity contribution in [3.63, 3.8) is 0 Å². The zero-order valence-corrected chi connectivity index (χ0v) is 16.7. The van der Waals surface area contributed by atoms with E-state index in [-0.39, 0.29) is 0 Å². The lowest BCUT2D eigenvalue weighted by molar-refractivity contribution is -0.148. The Morgan fingerprint density at radius 1 is 1.03 bits per heavy atom. The van der Waals surface area contributed by atoms with E-state index in [2.05, 4.69) is 13.1 Å². The zero-order chi connectivity index (χ0) is 22.2. The monoisotopic (exact) mass is 483 g/mol. The van der Waals surface area contributed by atoms with Crippen molar-refractivity contribution in [3.05, 3.63) is 12.3 Å². The third-order valence-electron chi connectivity index (χ3n) is 3.46. The molecule has 16 nitrogen and oxygen atoms in total. The number of ether oxygens (including phenoxy) is 1. The quantitative estimate of drug-likeness (QED) is 0.163. The fraction of sp³-hybridized carbons (Fsp3) is 0.600. The molecule has 0 bridgehead atoms. The van der Waals surface area contributed by atoms with Gasteiger partial charge in [0.25, 0.3) is 0 Å². The highest BCUT2D eigenvalue weighted by atomic mass is 31.3. The smallest absolute Gasteiger partial charge is 0.387 e. The molecule has 19 heteroatoms. The van der Waals surface area contributed by atoms with Crippen molar-refractivity contribution in [2.24, 2.45) is 0 Å². The van der Waals surface area contributed by atoms with E-state index in [0.29, 0.717) is 0 Å². The molecule has 0 saturated carbocycles. The van der Waals surface area contributed by atoms with Crippen LogP contribution in [0.1, 0.15) is 6.42 Å². The van der Waals surface area contributed by atoms with Crippen LogP contribution in [0, 0.1) is 0 Å². The van der Waals surface area contributed by atoms with Crippen LogP contribution in [0.5, 0.6) is 0 Å². The van der Waals surface area contributed by atoms with Gasteiger partial charge in [-0.15, -0.1) is 0 Å². The predicted octanol–water partition coefficient (Wildman–Crippen LogP) is -1.91. The van der Waals surface area contributed by atoms with Gasteiger partial charge in [0.15, 0.2) is 12.0 Å². The summed E-state index contributed by atoms with van der Waals surface area (Å²) in [5, 5.41) is 20.0.